The van der Waals surface area contributed by atoms with Gasteiger partial charge >= 0.3 is 0 Å². The van der Waals surface area contributed by atoms with Crippen molar-refractivity contribution in [1.29, 1.82) is 0 Å². The zero-order valence-electron chi connectivity index (χ0n) is 17.2. The van der Waals surface area contributed by atoms with E-state index >= 15 is 0 Å². The van der Waals surface area contributed by atoms with Gasteiger partial charge in [-0.05, 0) is 48.2 Å². The monoisotopic (exact) mass is 413 g/mol. The molecule has 2 aromatic heterocycles. The Hall–Kier alpha value is -3.47. The number of nitrogens with one attached hydrogen (secondary N) is 1. The number of hydrogen-bond acceptors (Lipinski definition) is 2. The standard InChI is InChI=1S/C26H24FN3O/c27-22-10-3-1-7-18(22)15-20-8-5-12-24(29-20)25-13-6-14-30(25)26(31)16-19-17-28-23-11-4-2-9-21(19)23/h1-5,7-12,17,25,28H,6,13-16H2. The summed E-state index contributed by atoms with van der Waals surface area (Å²) in [5.74, 6) is -0.0975. The molecule has 1 aliphatic rings. The number of carbonyl (C=O) groups excluding carboxylic acids is 1. The number of rotatable bonds is 5. The molecule has 156 valence electrons. The first-order valence-electron chi connectivity index (χ1n) is 10.7. The molecule has 1 aliphatic heterocycles. The van der Waals surface area contributed by atoms with Crippen LogP contribution >= 0.6 is 0 Å². The van der Waals surface area contributed by atoms with E-state index in [4.69, 9.17) is 4.98 Å². The maximum Gasteiger partial charge on any atom is 0.227 e. The fraction of sp³-hybridized carbons (Fsp3) is 0.231. The highest BCUT2D eigenvalue weighted by Crippen LogP contribution is 2.32. The van der Waals surface area contributed by atoms with Gasteiger partial charge in [-0.2, -0.15) is 0 Å². The Labute approximate surface area is 180 Å². The summed E-state index contributed by atoms with van der Waals surface area (Å²) in [5.41, 5.74) is 4.40. The predicted octanol–water partition coefficient (Wildman–Crippen LogP) is 5.20. The number of pyridine rings is 1. The first-order chi connectivity index (χ1) is 15.2. The summed E-state index contributed by atoms with van der Waals surface area (Å²) in [7, 11) is 0. The van der Waals surface area contributed by atoms with E-state index in [0.717, 1.165) is 47.2 Å². The Morgan fingerprint density at radius 1 is 1.03 bits per heavy atom. The van der Waals surface area contributed by atoms with Crippen molar-refractivity contribution in [3.05, 3.63) is 101 Å². The molecule has 4 nitrogen and oxygen atoms in total. The van der Waals surface area contributed by atoms with Crippen molar-refractivity contribution in [1.82, 2.24) is 14.9 Å². The van der Waals surface area contributed by atoms with E-state index < -0.39 is 0 Å². The third kappa shape index (κ3) is 3.96. The van der Waals surface area contributed by atoms with E-state index in [0.29, 0.717) is 18.4 Å². The molecule has 0 saturated carbocycles. The molecule has 1 unspecified atom stereocenters. The molecular formula is C26H24FN3O. The molecule has 2 aromatic carbocycles. The van der Waals surface area contributed by atoms with Gasteiger partial charge in [-0.25, -0.2) is 4.39 Å². The largest absolute Gasteiger partial charge is 0.361 e. The minimum absolute atomic E-state index is 0.0294. The number of aromatic amines is 1. The predicted molar refractivity (Wildman–Crippen MR) is 119 cm³/mol. The van der Waals surface area contributed by atoms with Crippen LogP contribution in [0.15, 0.2) is 72.9 Å². The van der Waals surface area contributed by atoms with Crippen LogP contribution in [0.2, 0.25) is 0 Å². The summed E-state index contributed by atoms with van der Waals surface area (Å²) in [6, 6.07) is 20.7. The summed E-state index contributed by atoms with van der Waals surface area (Å²) in [4.78, 5) is 23.2. The van der Waals surface area contributed by atoms with E-state index in [1.54, 1.807) is 12.1 Å². The van der Waals surface area contributed by atoms with Crippen LogP contribution in [0.1, 0.15) is 41.4 Å². The zero-order valence-corrected chi connectivity index (χ0v) is 17.2. The molecule has 0 radical (unpaired) electrons. The SMILES string of the molecule is O=C(Cc1c[nH]c2ccccc12)N1CCCC1c1cccc(Cc2ccccc2F)n1. The van der Waals surface area contributed by atoms with Crippen molar-refractivity contribution in [3.63, 3.8) is 0 Å². The number of H-pyrrole nitrogens is 1. The number of amides is 1. The van der Waals surface area contributed by atoms with Crippen molar-refractivity contribution in [3.8, 4) is 0 Å². The van der Waals surface area contributed by atoms with Crippen molar-refractivity contribution in [2.75, 3.05) is 6.54 Å². The molecule has 1 amide bonds. The van der Waals surface area contributed by atoms with E-state index in [2.05, 4.69) is 4.98 Å². The normalized spacial score (nSPS) is 16.2. The zero-order chi connectivity index (χ0) is 21.2. The molecule has 1 N–H and O–H groups in total. The second-order valence-corrected chi connectivity index (χ2v) is 8.10. The van der Waals surface area contributed by atoms with Crippen molar-refractivity contribution >= 4 is 16.8 Å². The molecule has 1 fully saturated rings. The van der Waals surface area contributed by atoms with Crippen molar-refractivity contribution in [2.45, 2.75) is 31.7 Å². The molecule has 0 bridgehead atoms. The Bertz CT molecular complexity index is 1230. The van der Waals surface area contributed by atoms with E-state index in [1.165, 1.54) is 6.07 Å². The van der Waals surface area contributed by atoms with E-state index in [1.807, 2.05) is 59.6 Å². The minimum Gasteiger partial charge on any atom is -0.361 e. The second kappa shape index (κ2) is 8.34. The van der Waals surface area contributed by atoms with Gasteiger partial charge in [0.25, 0.3) is 0 Å². The lowest BCUT2D eigenvalue weighted by Crippen LogP contribution is -2.32. The summed E-state index contributed by atoms with van der Waals surface area (Å²) in [5, 5.41) is 1.09. The van der Waals surface area contributed by atoms with Crippen LogP contribution in [0, 0.1) is 5.82 Å². The van der Waals surface area contributed by atoms with Gasteiger partial charge in [0.2, 0.25) is 5.91 Å². The number of fused-ring (bicyclic) bond motifs is 1. The molecule has 5 heteroatoms. The number of nitrogens with zero attached hydrogens (tertiary/aromatic N) is 2. The molecule has 31 heavy (non-hydrogen) atoms. The number of likely N-dealkylation sites (tertiary alicyclic amines) is 1. The highest BCUT2D eigenvalue weighted by molar-refractivity contribution is 5.89. The maximum atomic E-state index is 14.1. The number of para-hydroxylation sites is 1. The van der Waals surface area contributed by atoms with Crippen LogP contribution in [-0.4, -0.2) is 27.3 Å². The fourth-order valence-electron chi connectivity index (χ4n) is 4.53. The first kappa shape index (κ1) is 19.5. The molecule has 5 rings (SSSR count). The third-order valence-corrected chi connectivity index (χ3v) is 6.09. The lowest BCUT2D eigenvalue weighted by atomic mass is 10.1. The van der Waals surface area contributed by atoms with Gasteiger partial charge in [0.15, 0.2) is 0 Å². The van der Waals surface area contributed by atoms with Gasteiger partial charge < -0.3 is 9.88 Å². The number of halogens is 1. The quantitative estimate of drug-likeness (QED) is 0.489. The van der Waals surface area contributed by atoms with Crippen LogP contribution in [0.5, 0.6) is 0 Å². The molecule has 0 spiro atoms. The van der Waals surface area contributed by atoms with Crippen LogP contribution in [0.4, 0.5) is 4.39 Å². The molecule has 4 aromatic rings. The first-order valence-corrected chi connectivity index (χ1v) is 10.7. The Kier molecular flexibility index (Phi) is 5.24. The average molecular weight is 413 g/mol. The second-order valence-electron chi connectivity index (χ2n) is 8.10. The number of benzene rings is 2. The summed E-state index contributed by atoms with van der Waals surface area (Å²) >= 11 is 0. The fourth-order valence-corrected chi connectivity index (χ4v) is 4.53. The van der Waals surface area contributed by atoms with Crippen molar-refractivity contribution in [2.24, 2.45) is 0 Å². The van der Waals surface area contributed by atoms with E-state index in [-0.39, 0.29) is 17.8 Å². The highest BCUT2D eigenvalue weighted by atomic mass is 19.1. The van der Waals surface area contributed by atoms with Gasteiger partial charge in [-0.3, -0.25) is 9.78 Å². The van der Waals surface area contributed by atoms with Crippen LogP contribution in [0.3, 0.4) is 0 Å². The molecular weight excluding hydrogens is 389 g/mol. The van der Waals surface area contributed by atoms with Gasteiger partial charge in [0.1, 0.15) is 5.82 Å². The minimum atomic E-state index is -0.217. The van der Waals surface area contributed by atoms with Crippen molar-refractivity contribution < 1.29 is 9.18 Å². The molecule has 1 saturated heterocycles. The Morgan fingerprint density at radius 2 is 1.87 bits per heavy atom. The molecule has 3 heterocycles. The summed E-state index contributed by atoms with van der Waals surface area (Å²) in [6.07, 6.45) is 4.60. The number of aromatic nitrogens is 2. The van der Waals surface area contributed by atoms with Gasteiger partial charge in [0, 0.05) is 35.8 Å². The number of hydrogen-bond donors (Lipinski definition) is 1. The molecule has 0 aliphatic carbocycles. The van der Waals surface area contributed by atoms with Gasteiger partial charge in [-0.1, -0.05) is 42.5 Å². The summed E-state index contributed by atoms with van der Waals surface area (Å²) in [6.45, 7) is 0.741. The van der Waals surface area contributed by atoms with Crippen LogP contribution < -0.4 is 0 Å². The maximum absolute atomic E-state index is 14.1. The van der Waals surface area contributed by atoms with Gasteiger partial charge in [0.05, 0.1) is 18.2 Å². The van der Waals surface area contributed by atoms with Crippen LogP contribution in [0.25, 0.3) is 10.9 Å². The number of carbonyl (C=O) groups is 1. The third-order valence-electron chi connectivity index (χ3n) is 6.09. The topological polar surface area (TPSA) is 49.0 Å². The summed E-state index contributed by atoms with van der Waals surface area (Å²) < 4.78 is 14.1. The Morgan fingerprint density at radius 3 is 2.77 bits per heavy atom. The average Bonchev–Trinajstić information content (AvgIpc) is 3.43. The molecule has 1 atom stereocenters. The highest BCUT2D eigenvalue weighted by Gasteiger charge is 2.31. The van der Waals surface area contributed by atoms with Crippen LogP contribution in [-0.2, 0) is 17.6 Å². The van der Waals surface area contributed by atoms with E-state index in [9.17, 15) is 9.18 Å². The lowest BCUT2D eigenvalue weighted by Gasteiger charge is -2.25. The van der Waals surface area contributed by atoms with Gasteiger partial charge in [-0.15, -0.1) is 0 Å². The Balaban J connectivity index is 1.35. The smallest absolute Gasteiger partial charge is 0.227 e. The lowest BCUT2D eigenvalue weighted by molar-refractivity contribution is -0.131.